The molecule has 35 heavy (non-hydrogen) atoms. The first-order chi connectivity index (χ1) is 16.7. The number of carbonyl (C=O) groups is 3. The fourth-order valence-electron chi connectivity index (χ4n) is 6.66. The third kappa shape index (κ3) is 4.18. The van der Waals surface area contributed by atoms with Gasteiger partial charge in [-0.15, -0.1) is 6.58 Å². The van der Waals surface area contributed by atoms with Crippen molar-refractivity contribution in [2.75, 3.05) is 65.7 Å². The van der Waals surface area contributed by atoms with Gasteiger partial charge in [0.1, 0.15) is 17.6 Å². The summed E-state index contributed by atoms with van der Waals surface area (Å²) in [6.45, 7) is 13.8. The molecule has 3 unspecified atom stereocenters. The Labute approximate surface area is 207 Å². The molecule has 10 heteroatoms. The quantitative estimate of drug-likeness (QED) is 0.332. The maximum absolute atomic E-state index is 14.1. The molecule has 4 rings (SSSR count). The molecule has 196 valence electrons. The highest BCUT2D eigenvalue weighted by Gasteiger charge is 2.80. The normalized spacial score (nSPS) is 36.3. The Kier molecular flexibility index (Phi) is 7.57. The predicted octanol–water partition coefficient (Wildman–Crippen LogP) is -0.101. The number of rotatable bonds is 10. The second-order valence-corrected chi connectivity index (χ2v) is 10.2. The van der Waals surface area contributed by atoms with Crippen LogP contribution in [0.25, 0.3) is 0 Å². The molecule has 4 heterocycles. The number of fused-ring (bicyclic) bond motifs is 1. The number of amides is 2. The molecule has 2 bridgehead atoms. The van der Waals surface area contributed by atoms with E-state index in [-0.39, 0.29) is 37.5 Å². The minimum Gasteiger partial charge on any atom is -0.466 e. The smallest absolute Gasteiger partial charge is 0.312 e. The van der Waals surface area contributed by atoms with E-state index >= 15 is 0 Å². The van der Waals surface area contributed by atoms with Crippen LogP contribution in [0.15, 0.2) is 12.7 Å². The first-order valence-corrected chi connectivity index (χ1v) is 12.7. The van der Waals surface area contributed by atoms with Gasteiger partial charge in [-0.1, -0.05) is 13.0 Å². The van der Waals surface area contributed by atoms with Gasteiger partial charge in [0.25, 0.3) is 0 Å². The highest BCUT2D eigenvalue weighted by atomic mass is 16.6. The van der Waals surface area contributed by atoms with Gasteiger partial charge < -0.3 is 29.1 Å². The highest BCUT2D eigenvalue weighted by molar-refractivity contribution is 5.98. The minimum absolute atomic E-state index is 0.00286. The highest BCUT2D eigenvalue weighted by Crippen LogP contribution is 2.65. The fourth-order valence-corrected chi connectivity index (χ4v) is 6.66. The topological polar surface area (TPSA) is 109 Å². The van der Waals surface area contributed by atoms with E-state index in [2.05, 4.69) is 11.5 Å². The van der Waals surface area contributed by atoms with Crippen LogP contribution in [0.4, 0.5) is 0 Å². The second-order valence-electron chi connectivity index (χ2n) is 10.2. The van der Waals surface area contributed by atoms with Gasteiger partial charge in [-0.2, -0.15) is 0 Å². The number of esters is 1. The molecular weight excluding hydrogens is 454 g/mol. The largest absolute Gasteiger partial charge is 0.466 e. The number of likely N-dealkylation sites (tertiary alicyclic amines) is 1. The number of aliphatic hydroxyl groups excluding tert-OH is 1. The molecule has 0 aromatic heterocycles. The van der Waals surface area contributed by atoms with Crippen molar-refractivity contribution in [3.05, 3.63) is 12.7 Å². The van der Waals surface area contributed by atoms with Crippen LogP contribution < -0.4 is 0 Å². The van der Waals surface area contributed by atoms with E-state index in [0.717, 1.165) is 13.1 Å². The van der Waals surface area contributed by atoms with Crippen LogP contribution in [-0.4, -0.2) is 121 Å². The lowest BCUT2D eigenvalue weighted by molar-refractivity contribution is -0.162. The maximum atomic E-state index is 14.1. The molecule has 0 aromatic carbocycles. The van der Waals surface area contributed by atoms with Gasteiger partial charge in [0.05, 0.1) is 37.9 Å². The Morgan fingerprint density at radius 2 is 2.03 bits per heavy atom. The van der Waals surface area contributed by atoms with Crippen molar-refractivity contribution in [3.63, 3.8) is 0 Å². The zero-order valence-corrected chi connectivity index (χ0v) is 21.1. The summed E-state index contributed by atoms with van der Waals surface area (Å²) < 4.78 is 17.4. The molecule has 0 aliphatic carbocycles. The van der Waals surface area contributed by atoms with Crippen molar-refractivity contribution in [2.45, 2.75) is 44.4 Å². The third-order valence-electron chi connectivity index (χ3n) is 8.38. The average molecular weight is 494 g/mol. The summed E-state index contributed by atoms with van der Waals surface area (Å²) in [5, 5.41) is 9.77. The molecule has 10 nitrogen and oxygen atoms in total. The summed E-state index contributed by atoms with van der Waals surface area (Å²) in [5.74, 6) is -2.67. The van der Waals surface area contributed by atoms with Crippen LogP contribution in [0, 0.1) is 17.8 Å². The van der Waals surface area contributed by atoms with E-state index < -0.39 is 35.0 Å². The number of ether oxygens (including phenoxy) is 3. The van der Waals surface area contributed by atoms with Crippen molar-refractivity contribution in [3.8, 4) is 0 Å². The number of aliphatic hydroxyl groups is 1. The van der Waals surface area contributed by atoms with Gasteiger partial charge in [0.15, 0.2) is 0 Å². The monoisotopic (exact) mass is 493 g/mol. The number of nitrogens with zero attached hydrogens (tertiary/aromatic N) is 3. The van der Waals surface area contributed by atoms with Crippen LogP contribution in [0.1, 0.15) is 27.2 Å². The number of carbonyl (C=O) groups excluding carboxylic acids is 3. The first kappa shape index (κ1) is 26.1. The van der Waals surface area contributed by atoms with E-state index in [1.807, 2.05) is 13.8 Å². The fraction of sp³-hybridized carbons (Fsp3) is 0.800. The zero-order valence-electron chi connectivity index (χ0n) is 21.1. The lowest BCUT2D eigenvalue weighted by atomic mass is 9.62. The summed E-state index contributed by atoms with van der Waals surface area (Å²) in [4.78, 5) is 46.4. The Hall–Kier alpha value is -2.01. The summed E-state index contributed by atoms with van der Waals surface area (Å²) in [7, 11) is 0. The Balaban J connectivity index is 1.66. The Morgan fingerprint density at radius 3 is 2.66 bits per heavy atom. The minimum atomic E-state index is -1.13. The molecule has 4 aliphatic heterocycles. The Bertz CT molecular complexity index is 847. The van der Waals surface area contributed by atoms with Crippen LogP contribution in [-0.2, 0) is 28.6 Å². The van der Waals surface area contributed by atoms with Crippen LogP contribution in [0.2, 0.25) is 0 Å². The van der Waals surface area contributed by atoms with E-state index in [1.165, 1.54) is 4.90 Å². The number of hydrogen-bond acceptors (Lipinski definition) is 8. The second kappa shape index (κ2) is 10.2. The summed E-state index contributed by atoms with van der Waals surface area (Å²) in [6, 6.07) is -0.916. The van der Waals surface area contributed by atoms with Crippen LogP contribution in [0.5, 0.6) is 0 Å². The van der Waals surface area contributed by atoms with E-state index in [4.69, 9.17) is 14.2 Å². The van der Waals surface area contributed by atoms with Gasteiger partial charge in [-0.05, 0) is 26.2 Å². The van der Waals surface area contributed by atoms with Crippen LogP contribution >= 0.6 is 0 Å². The van der Waals surface area contributed by atoms with E-state index in [9.17, 15) is 19.5 Å². The van der Waals surface area contributed by atoms with Crippen molar-refractivity contribution in [2.24, 2.45) is 17.8 Å². The van der Waals surface area contributed by atoms with E-state index in [1.54, 1.807) is 17.9 Å². The number of morpholine rings is 1. The molecular formula is C25H39N3O7. The van der Waals surface area contributed by atoms with Crippen molar-refractivity contribution in [1.82, 2.24) is 14.7 Å². The average Bonchev–Trinajstić information content (AvgIpc) is 3.34. The molecule has 4 fully saturated rings. The lowest BCUT2D eigenvalue weighted by Crippen LogP contribution is -2.57. The molecule has 0 aromatic rings. The molecule has 1 spiro atoms. The molecule has 2 amide bonds. The lowest BCUT2D eigenvalue weighted by Gasteiger charge is -2.38. The molecule has 1 N–H and O–H groups in total. The standard InChI is InChI=1S/C25H39N3O7/c1-5-7-27(9-8-26-11-14-33-15-12-26)22(31)20-25-16-17(3)24(4,35-25)19(23(32)34-6-2)18(25)21(30)28(20)10-13-29/h5,17-20,29H,1,6-16H2,2-4H3/t17?,18-,19+,20?,24-,25?/m0/s1. The Morgan fingerprint density at radius 1 is 1.31 bits per heavy atom. The first-order valence-electron chi connectivity index (χ1n) is 12.7. The third-order valence-corrected chi connectivity index (χ3v) is 8.38. The van der Waals surface area contributed by atoms with Gasteiger partial charge in [0.2, 0.25) is 11.8 Å². The van der Waals surface area contributed by atoms with Gasteiger partial charge in [-0.25, -0.2) is 0 Å². The van der Waals surface area contributed by atoms with Gasteiger partial charge in [0, 0.05) is 39.3 Å². The van der Waals surface area contributed by atoms with Gasteiger partial charge >= 0.3 is 5.97 Å². The molecule has 0 radical (unpaired) electrons. The van der Waals surface area contributed by atoms with Crippen molar-refractivity contribution >= 4 is 17.8 Å². The summed E-state index contributed by atoms with van der Waals surface area (Å²) in [6.07, 6.45) is 2.16. The SMILES string of the molecule is C=CCN(CCN1CCOCC1)C(=O)C1N(CCO)C(=O)[C@@H]2[C@H](C(=O)OCC)[C@@]3(C)OC12CC3C. The molecule has 0 saturated carbocycles. The number of hydrogen-bond donors (Lipinski definition) is 1. The number of β-amino-alcohol motifs (C(OH)–C–C–N with tert-alkyl or cyclic N) is 1. The summed E-state index contributed by atoms with van der Waals surface area (Å²) in [5.41, 5.74) is -2.03. The maximum Gasteiger partial charge on any atom is 0.312 e. The summed E-state index contributed by atoms with van der Waals surface area (Å²) >= 11 is 0. The van der Waals surface area contributed by atoms with Crippen LogP contribution in [0.3, 0.4) is 0 Å². The van der Waals surface area contributed by atoms with Crippen molar-refractivity contribution in [1.29, 1.82) is 0 Å². The molecule has 4 saturated heterocycles. The van der Waals surface area contributed by atoms with Gasteiger partial charge in [-0.3, -0.25) is 19.3 Å². The van der Waals surface area contributed by atoms with E-state index in [0.29, 0.717) is 39.3 Å². The zero-order chi connectivity index (χ0) is 25.4. The molecule has 4 aliphatic rings. The van der Waals surface area contributed by atoms with Crippen molar-refractivity contribution < 1.29 is 33.7 Å². The predicted molar refractivity (Wildman–Crippen MR) is 126 cm³/mol. The molecule has 6 atom stereocenters.